The molecule has 0 saturated carbocycles. The summed E-state index contributed by atoms with van der Waals surface area (Å²) in [6.07, 6.45) is 13.5. The molecule has 0 aromatic heterocycles. The van der Waals surface area contributed by atoms with Crippen LogP contribution >= 0.6 is 0 Å². The molecule has 0 fully saturated rings. The predicted molar refractivity (Wildman–Crippen MR) is 110 cm³/mol. The number of benzene rings is 2. The van der Waals surface area contributed by atoms with E-state index in [1.165, 1.54) is 68.1 Å². The van der Waals surface area contributed by atoms with Gasteiger partial charge in [-0.15, -0.1) is 6.58 Å². The first kappa shape index (κ1) is 18.0. The zero-order valence-corrected chi connectivity index (χ0v) is 15.8. The second-order valence-electron chi connectivity index (χ2n) is 7.61. The highest BCUT2D eigenvalue weighted by atomic mass is 14.2. The van der Waals surface area contributed by atoms with Crippen LogP contribution in [0.15, 0.2) is 55.1 Å². The van der Waals surface area contributed by atoms with Crippen LogP contribution in [0.4, 0.5) is 0 Å². The van der Waals surface area contributed by atoms with Gasteiger partial charge in [0.1, 0.15) is 0 Å². The van der Waals surface area contributed by atoms with Gasteiger partial charge in [-0.1, -0.05) is 68.3 Å². The second-order valence-corrected chi connectivity index (χ2v) is 7.61. The van der Waals surface area contributed by atoms with Gasteiger partial charge in [0.15, 0.2) is 0 Å². The van der Waals surface area contributed by atoms with E-state index in [0.29, 0.717) is 0 Å². The van der Waals surface area contributed by atoms with Crippen molar-refractivity contribution in [3.8, 4) is 11.1 Å². The van der Waals surface area contributed by atoms with Crippen LogP contribution in [0.1, 0.15) is 62.1 Å². The maximum Gasteiger partial charge on any atom is -0.0181 e. The van der Waals surface area contributed by atoms with Crippen molar-refractivity contribution in [2.24, 2.45) is 5.92 Å². The van der Waals surface area contributed by atoms with Crippen molar-refractivity contribution in [2.45, 2.75) is 64.7 Å². The van der Waals surface area contributed by atoms with Gasteiger partial charge in [0.25, 0.3) is 0 Å². The number of aryl methyl sites for hydroxylation is 2. The molecule has 132 valence electrons. The van der Waals surface area contributed by atoms with Gasteiger partial charge in [0, 0.05) is 0 Å². The van der Waals surface area contributed by atoms with Crippen LogP contribution in [0.25, 0.3) is 11.1 Å². The molecular formula is C25H32. The highest BCUT2D eigenvalue weighted by molar-refractivity contribution is 5.65. The summed E-state index contributed by atoms with van der Waals surface area (Å²) in [5, 5.41) is 0. The smallest absolute Gasteiger partial charge is 0.0181 e. The molecule has 0 radical (unpaired) electrons. The van der Waals surface area contributed by atoms with Gasteiger partial charge < -0.3 is 0 Å². The third kappa shape index (κ3) is 4.84. The number of hydrogen-bond donors (Lipinski definition) is 0. The van der Waals surface area contributed by atoms with Gasteiger partial charge in [0.05, 0.1) is 0 Å². The van der Waals surface area contributed by atoms with Crippen molar-refractivity contribution in [3.05, 3.63) is 71.8 Å². The van der Waals surface area contributed by atoms with Crippen LogP contribution in [-0.4, -0.2) is 0 Å². The minimum atomic E-state index is 0.846. The average molecular weight is 333 g/mol. The lowest BCUT2D eigenvalue weighted by Crippen LogP contribution is -2.14. The Kier molecular flexibility index (Phi) is 6.50. The van der Waals surface area contributed by atoms with E-state index in [4.69, 9.17) is 0 Å². The monoisotopic (exact) mass is 332 g/mol. The number of hydrogen-bond acceptors (Lipinski definition) is 0. The maximum atomic E-state index is 3.86. The van der Waals surface area contributed by atoms with Crippen molar-refractivity contribution in [2.75, 3.05) is 0 Å². The van der Waals surface area contributed by atoms with Gasteiger partial charge in [-0.2, -0.15) is 0 Å². The standard InChI is InChI=1S/C25H32/c1-3-5-7-9-20-10-13-22(14-11-20)24-17-16-23-18-21(8-6-4-2)12-15-25(23)19-24/h4,10-11,13-14,16-17,19,21H,2-3,5-9,12,15,18H2,1H3. The fraction of sp³-hybridized carbons (Fsp3) is 0.440. The van der Waals surface area contributed by atoms with E-state index in [1.807, 2.05) is 0 Å². The Hall–Kier alpha value is -1.82. The number of rotatable bonds is 8. The number of unbranched alkanes of at least 4 members (excludes halogenated alkanes) is 2. The summed E-state index contributed by atoms with van der Waals surface area (Å²) >= 11 is 0. The summed E-state index contributed by atoms with van der Waals surface area (Å²) in [7, 11) is 0. The normalized spacial score (nSPS) is 16.4. The minimum Gasteiger partial charge on any atom is -0.103 e. The molecule has 1 aliphatic carbocycles. The van der Waals surface area contributed by atoms with Crippen molar-refractivity contribution >= 4 is 0 Å². The molecule has 0 bridgehead atoms. The molecule has 0 nitrogen and oxygen atoms in total. The Labute approximate surface area is 154 Å². The molecule has 25 heavy (non-hydrogen) atoms. The highest BCUT2D eigenvalue weighted by Gasteiger charge is 2.18. The zero-order valence-electron chi connectivity index (χ0n) is 15.8. The van der Waals surface area contributed by atoms with Gasteiger partial charge in [-0.3, -0.25) is 0 Å². The Morgan fingerprint density at radius 2 is 1.80 bits per heavy atom. The van der Waals surface area contributed by atoms with E-state index in [-0.39, 0.29) is 0 Å². The van der Waals surface area contributed by atoms with Gasteiger partial charge >= 0.3 is 0 Å². The number of fused-ring (bicyclic) bond motifs is 1. The minimum absolute atomic E-state index is 0.846. The van der Waals surface area contributed by atoms with Crippen LogP contribution in [0.2, 0.25) is 0 Å². The van der Waals surface area contributed by atoms with Crippen molar-refractivity contribution in [1.82, 2.24) is 0 Å². The van der Waals surface area contributed by atoms with E-state index < -0.39 is 0 Å². The van der Waals surface area contributed by atoms with Crippen LogP contribution in [0.5, 0.6) is 0 Å². The Bertz CT molecular complexity index is 678. The quantitative estimate of drug-likeness (QED) is 0.355. The third-order valence-electron chi connectivity index (χ3n) is 5.67. The summed E-state index contributed by atoms with van der Waals surface area (Å²) < 4.78 is 0. The molecule has 0 heterocycles. The molecule has 0 N–H and O–H groups in total. The molecule has 0 amide bonds. The summed E-state index contributed by atoms with van der Waals surface area (Å²) in [6.45, 7) is 6.13. The Morgan fingerprint density at radius 3 is 2.56 bits per heavy atom. The predicted octanol–water partition coefficient (Wildman–Crippen LogP) is 7.16. The van der Waals surface area contributed by atoms with E-state index in [9.17, 15) is 0 Å². The SMILES string of the molecule is C=CCCC1CCc2cc(-c3ccc(CCCCC)cc3)ccc2C1. The largest absolute Gasteiger partial charge is 0.103 e. The fourth-order valence-electron chi connectivity index (χ4n) is 4.05. The molecular weight excluding hydrogens is 300 g/mol. The van der Waals surface area contributed by atoms with Crippen molar-refractivity contribution in [3.63, 3.8) is 0 Å². The topological polar surface area (TPSA) is 0 Å². The summed E-state index contributed by atoms with van der Waals surface area (Å²) in [6, 6.07) is 16.4. The molecule has 2 aromatic rings. The van der Waals surface area contributed by atoms with Crippen LogP contribution in [0, 0.1) is 5.92 Å². The molecule has 0 aliphatic heterocycles. The Morgan fingerprint density at radius 1 is 1.00 bits per heavy atom. The lowest BCUT2D eigenvalue weighted by Gasteiger charge is -2.25. The molecule has 3 rings (SSSR count). The first-order valence-corrected chi connectivity index (χ1v) is 10.1. The van der Waals surface area contributed by atoms with Gasteiger partial charge in [0.2, 0.25) is 0 Å². The fourth-order valence-corrected chi connectivity index (χ4v) is 4.05. The highest BCUT2D eigenvalue weighted by Crippen LogP contribution is 2.32. The number of allylic oxidation sites excluding steroid dienone is 1. The molecule has 0 spiro atoms. The summed E-state index contributed by atoms with van der Waals surface area (Å²) in [5.41, 5.74) is 7.35. The average Bonchev–Trinajstić information content (AvgIpc) is 2.66. The van der Waals surface area contributed by atoms with Gasteiger partial charge in [-0.25, -0.2) is 0 Å². The lowest BCUT2D eigenvalue weighted by molar-refractivity contribution is 0.431. The first-order chi connectivity index (χ1) is 12.3. The second kappa shape index (κ2) is 9.04. The maximum absolute atomic E-state index is 3.86. The van der Waals surface area contributed by atoms with E-state index in [2.05, 4.69) is 62.0 Å². The molecule has 1 unspecified atom stereocenters. The van der Waals surface area contributed by atoms with Crippen LogP contribution < -0.4 is 0 Å². The lowest BCUT2D eigenvalue weighted by atomic mass is 9.80. The van der Waals surface area contributed by atoms with E-state index in [1.54, 1.807) is 11.1 Å². The summed E-state index contributed by atoms with van der Waals surface area (Å²) in [5.74, 6) is 0.846. The molecule has 0 heteroatoms. The van der Waals surface area contributed by atoms with Crippen molar-refractivity contribution in [1.29, 1.82) is 0 Å². The molecule has 2 aromatic carbocycles. The Balaban J connectivity index is 1.67. The molecule has 1 aliphatic rings. The first-order valence-electron chi connectivity index (χ1n) is 10.1. The van der Waals surface area contributed by atoms with Gasteiger partial charge in [-0.05, 0) is 78.7 Å². The van der Waals surface area contributed by atoms with E-state index >= 15 is 0 Å². The van der Waals surface area contributed by atoms with Crippen LogP contribution in [-0.2, 0) is 19.3 Å². The molecule has 1 atom stereocenters. The molecule has 0 saturated heterocycles. The van der Waals surface area contributed by atoms with E-state index in [0.717, 1.165) is 12.3 Å². The van der Waals surface area contributed by atoms with Crippen LogP contribution in [0.3, 0.4) is 0 Å². The summed E-state index contributed by atoms with van der Waals surface area (Å²) in [4.78, 5) is 0. The zero-order chi connectivity index (χ0) is 17.5. The van der Waals surface area contributed by atoms with Crippen molar-refractivity contribution < 1.29 is 0 Å². The third-order valence-corrected chi connectivity index (χ3v) is 5.67.